The van der Waals surface area contributed by atoms with Crippen LogP contribution < -0.4 is 5.73 Å². The van der Waals surface area contributed by atoms with Gasteiger partial charge in [-0.1, -0.05) is 38.2 Å². The molecule has 1 fully saturated rings. The maximum atomic E-state index is 5.66. The fraction of sp³-hybridized carbons (Fsp3) is 0.533. The van der Waals surface area contributed by atoms with E-state index in [1.165, 1.54) is 32.1 Å². The average molecular weight is 243 g/mol. The highest BCUT2D eigenvalue weighted by molar-refractivity contribution is 5.75. The van der Waals surface area contributed by atoms with E-state index in [-0.39, 0.29) is 0 Å². The van der Waals surface area contributed by atoms with E-state index in [0.717, 1.165) is 34.8 Å². The second-order valence-corrected chi connectivity index (χ2v) is 5.45. The van der Waals surface area contributed by atoms with Crippen molar-refractivity contribution >= 4 is 11.0 Å². The lowest BCUT2D eigenvalue weighted by atomic mass is 9.87. The lowest BCUT2D eigenvalue weighted by Gasteiger charge is -2.20. The Balaban J connectivity index is 1.79. The fourth-order valence-corrected chi connectivity index (χ4v) is 3.00. The van der Waals surface area contributed by atoms with Crippen molar-refractivity contribution < 1.29 is 0 Å². The molecular formula is C15H21N3. The first kappa shape index (κ1) is 11.7. The maximum Gasteiger partial charge on any atom is 0.107 e. The first-order valence-electron chi connectivity index (χ1n) is 7.03. The molecule has 96 valence electrons. The van der Waals surface area contributed by atoms with Gasteiger partial charge in [0.15, 0.2) is 0 Å². The maximum absolute atomic E-state index is 5.66. The summed E-state index contributed by atoms with van der Waals surface area (Å²) in [6.07, 6.45) is 8.03. The van der Waals surface area contributed by atoms with Crippen LogP contribution >= 0.6 is 0 Å². The number of hydrogen-bond donors (Lipinski definition) is 2. The second kappa shape index (κ2) is 5.11. The van der Waals surface area contributed by atoms with Crippen LogP contribution in [0.5, 0.6) is 0 Å². The van der Waals surface area contributed by atoms with Crippen LogP contribution in [0.25, 0.3) is 11.0 Å². The van der Waals surface area contributed by atoms with Crippen LogP contribution in [0.1, 0.15) is 43.5 Å². The van der Waals surface area contributed by atoms with Crippen LogP contribution in [-0.4, -0.2) is 9.97 Å². The number of rotatable bonds is 3. The van der Waals surface area contributed by atoms with Crippen molar-refractivity contribution in [2.45, 2.75) is 45.1 Å². The molecule has 1 aromatic heterocycles. The molecule has 3 rings (SSSR count). The van der Waals surface area contributed by atoms with Gasteiger partial charge in [0.25, 0.3) is 0 Å². The molecule has 3 nitrogen and oxygen atoms in total. The molecule has 0 unspecified atom stereocenters. The number of fused-ring (bicyclic) bond motifs is 1. The van der Waals surface area contributed by atoms with Crippen molar-refractivity contribution in [1.82, 2.24) is 9.97 Å². The van der Waals surface area contributed by atoms with Gasteiger partial charge in [0.1, 0.15) is 5.82 Å². The summed E-state index contributed by atoms with van der Waals surface area (Å²) in [5.74, 6) is 1.97. The molecule has 3 N–H and O–H groups in total. The molecule has 0 radical (unpaired) electrons. The number of benzene rings is 1. The Bertz CT molecular complexity index is 524. The van der Waals surface area contributed by atoms with Crippen LogP contribution in [0, 0.1) is 5.92 Å². The first-order valence-corrected chi connectivity index (χ1v) is 7.03. The summed E-state index contributed by atoms with van der Waals surface area (Å²) >= 11 is 0. The largest absolute Gasteiger partial charge is 0.342 e. The zero-order chi connectivity index (χ0) is 12.4. The Morgan fingerprint density at radius 1 is 1.22 bits per heavy atom. The van der Waals surface area contributed by atoms with Crippen molar-refractivity contribution in [1.29, 1.82) is 0 Å². The van der Waals surface area contributed by atoms with E-state index >= 15 is 0 Å². The van der Waals surface area contributed by atoms with Gasteiger partial charge in [0.2, 0.25) is 0 Å². The standard InChI is InChI=1S/C15H21N3/c16-10-12-6-7-13-14(8-12)18-15(17-13)9-11-4-2-1-3-5-11/h6-8,11H,1-5,9-10,16H2,(H,17,18). The molecule has 1 aliphatic carbocycles. The summed E-state index contributed by atoms with van der Waals surface area (Å²) in [5, 5.41) is 0. The molecule has 1 aliphatic rings. The SMILES string of the molecule is NCc1ccc2nc(CC3CCCCC3)[nH]c2c1. The molecular weight excluding hydrogens is 222 g/mol. The van der Waals surface area contributed by atoms with Crippen LogP contribution in [0.2, 0.25) is 0 Å². The van der Waals surface area contributed by atoms with Crippen molar-refractivity contribution in [3.63, 3.8) is 0 Å². The van der Waals surface area contributed by atoms with Crippen LogP contribution in [0.15, 0.2) is 18.2 Å². The molecule has 0 aliphatic heterocycles. The minimum absolute atomic E-state index is 0.590. The summed E-state index contributed by atoms with van der Waals surface area (Å²) in [6, 6.07) is 6.25. The van der Waals surface area contributed by atoms with Gasteiger partial charge in [-0.25, -0.2) is 4.98 Å². The molecule has 2 aromatic rings. The quantitative estimate of drug-likeness (QED) is 0.870. The summed E-state index contributed by atoms with van der Waals surface area (Å²) in [6.45, 7) is 0.590. The topological polar surface area (TPSA) is 54.7 Å². The van der Waals surface area contributed by atoms with Gasteiger partial charge in [-0.05, 0) is 23.6 Å². The average Bonchev–Trinajstić information content (AvgIpc) is 2.80. The van der Waals surface area contributed by atoms with Crippen LogP contribution in [0.4, 0.5) is 0 Å². The smallest absolute Gasteiger partial charge is 0.107 e. The number of nitrogens with one attached hydrogen (secondary N) is 1. The Morgan fingerprint density at radius 2 is 2.06 bits per heavy atom. The van der Waals surface area contributed by atoms with E-state index in [0.29, 0.717) is 6.54 Å². The molecule has 0 atom stereocenters. The normalized spacial score (nSPS) is 17.4. The van der Waals surface area contributed by atoms with Gasteiger partial charge in [-0.15, -0.1) is 0 Å². The minimum atomic E-state index is 0.590. The predicted molar refractivity (Wildman–Crippen MR) is 74.3 cm³/mol. The van der Waals surface area contributed by atoms with Crippen LogP contribution in [-0.2, 0) is 13.0 Å². The van der Waals surface area contributed by atoms with E-state index < -0.39 is 0 Å². The second-order valence-electron chi connectivity index (χ2n) is 5.45. The summed E-state index contributed by atoms with van der Waals surface area (Å²) in [4.78, 5) is 8.14. The number of aromatic nitrogens is 2. The molecule has 1 aromatic carbocycles. The number of imidazole rings is 1. The molecule has 1 heterocycles. The van der Waals surface area contributed by atoms with Crippen molar-refractivity contribution in [3.8, 4) is 0 Å². The number of hydrogen-bond acceptors (Lipinski definition) is 2. The lowest BCUT2D eigenvalue weighted by Crippen LogP contribution is -2.10. The number of nitrogens with two attached hydrogens (primary N) is 1. The van der Waals surface area contributed by atoms with Gasteiger partial charge in [0.05, 0.1) is 11.0 Å². The van der Waals surface area contributed by atoms with E-state index in [1.807, 2.05) is 0 Å². The van der Waals surface area contributed by atoms with Gasteiger partial charge in [0, 0.05) is 13.0 Å². The van der Waals surface area contributed by atoms with E-state index in [9.17, 15) is 0 Å². The fourth-order valence-electron chi connectivity index (χ4n) is 3.00. The Hall–Kier alpha value is -1.35. The molecule has 18 heavy (non-hydrogen) atoms. The third-order valence-corrected chi connectivity index (χ3v) is 4.04. The molecule has 0 bridgehead atoms. The third kappa shape index (κ3) is 2.41. The zero-order valence-corrected chi connectivity index (χ0v) is 10.8. The highest BCUT2D eigenvalue weighted by Gasteiger charge is 2.15. The molecule has 0 amide bonds. The van der Waals surface area contributed by atoms with E-state index in [4.69, 9.17) is 5.73 Å². The van der Waals surface area contributed by atoms with Crippen molar-refractivity contribution in [2.75, 3.05) is 0 Å². The van der Waals surface area contributed by atoms with E-state index in [2.05, 4.69) is 28.2 Å². The van der Waals surface area contributed by atoms with Gasteiger partial charge < -0.3 is 10.7 Å². The van der Waals surface area contributed by atoms with Gasteiger partial charge in [-0.2, -0.15) is 0 Å². The summed E-state index contributed by atoms with van der Waals surface area (Å²) < 4.78 is 0. The highest BCUT2D eigenvalue weighted by atomic mass is 14.9. The predicted octanol–water partition coefficient (Wildman–Crippen LogP) is 3.14. The Kier molecular flexibility index (Phi) is 3.33. The lowest BCUT2D eigenvalue weighted by molar-refractivity contribution is 0.352. The van der Waals surface area contributed by atoms with Crippen LogP contribution in [0.3, 0.4) is 0 Å². The van der Waals surface area contributed by atoms with Crippen molar-refractivity contribution in [3.05, 3.63) is 29.6 Å². The van der Waals surface area contributed by atoms with Gasteiger partial charge in [-0.3, -0.25) is 0 Å². The number of aromatic amines is 1. The zero-order valence-electron chi connectivity index (χ0n) is 10.8. The van der Waals surface area contributed by atoms with E-state index in [1.54, 1.807) is 0 Å². The first-order chi connectivity index (χ1) is 8.85. The molecule has 3 heteroatoms. The molecule has 0 spiro atoms. The Labute approximate surface area is 108 Å². The monoisotopic (exact) mass is 243 g/mol. The molecule has 0 saturated heterocycles. The highest BCUT2D eigenvalue weighted by Crippen LogP contribution is 2.26. The summed E-state index contributed by atoms with van der Waals surface area (Å²) in [7, 11) is 0. The van der Waals surface area contributed by atoms with Gasteiger partial charge >= 0.3 is 0 Å². The minimum Gasteiger partial charge on any atom is -0.342 e. The van der Waals surface area contributed by atoms with Crippen molar-refractivity contribution in [2.24, 2.45) is 11.7 Å². The Morgan fingerprint density at radius 3 is 2.83 bits per heavy atom. The number of H-pyrrole nitrogens is 1. The molecule has 1 saturated carbocycles. The summed E-state index contributed by atoms with van der Waals surface area (Å²) in [5.41, 5.74) is 9.02. The number of nitrogens with zero attached hydrogens (tertiary/aromatic N) is 1. The third-order valence-electron chi connectivity index (χ3n) is 4.04.